The number of hydrogen-bond acceptors (Lipinski definition) is 5. The summed E-state index contributed by atoms with van der Waals surface area (Å²) in [6.45, 7) is 3.82. The molecule has 24 heavy (non-hydrogen) atoms. The van der Waals surface area contributed by atoms with E-state index >= 15 is 0 Å². The van der Waals surface area contributed by atoms with Gasteiger partial charge in [0.05, 0.1) is 5.56 Å². The second-order valence-corrected chi connectivity index (χ2v) is 6.63. The van der Waals surface area contributed by atoms with Gasteiger partial charge in [0.15, 0.2) is 11.5 Å². The molecule has 0 fully saturated rings. The first kappa shape index (κ1) is 16.5. The van der Waals surface area contributed by atoms with E-state index in [0.29, 0.717) is 17.0 Å². The largest absolute Gasteiger partial charge is 0.506 e. The smallest absolute Gasteiger partial charge is 0.167 e. The van der Waals surface area contributed by atoms with Crippen molar-refractivity contribution in [3.63, 3.8) is 0 Å². The number of hydrogen-bond donors (Lipinski definition) is 2. The average molecular weight is 345 g/mol. The van der Waals surface area contributed by atoms with Crippen LogP contribution in [0.5, 0.6) is 11.5 Å². The van der Waals surface area contributed by atoms with Gasteiger partial charge in [0.1, 0.15) is 17.1 Å². The number of phenolic OH excluding ortho intramolecular Hbond substituents is 2. The van der Waals surface area contributed by atoms with E-state index in [1.807, 2.05) is 13.0 Å². The van der Waals surface area contributed by atoms with Gasteiger partial charge in [-0.1, -0.05) is 24.6 Å². The van der Waals surface area contributed by atoms with E-state index in [9.17, 15) is 15.0 Å². The van der Waals surface area contributed by atoms with Crippen molar-refractivity contribution >= 4 is 28.8 Å². The maximum atomic E-state index is 12.3. The van der Waals surface area contributed by atoms with E-state index in [2.05, 4.69) is 10.2 Å². The fourth-order valence-electron chi connectivity index (χ4n) is 3.00. The lowest BCUT2D eigenvalue weighted by Crippen LogP contribution is -2.18. The van der Waals surface area contributed by atoms with Gasteiger partial charge >= 0.3 is 0 Å². The number of rotatable bonds is 2. The summed E-state index contributed by atoms with van der Waals surface area (Å²) in [4.78, 5) is 12.3. The molecule has 0 aliphatic heterocycles. The Balaban J connectivity index is 2.06. The fraction of sp³-hybridized carbons (Fsp3) is 0.278. The first-order chi connectivity index (χ1) is 11.4. The Kier molecular flexibility index (Phi) is 4.28. The number of Topliss-reactive ketones (excluding diaryl/α,β-unsaturated/α-hetero) is 1. The van der Waals surface area contributed by atoms with E-state index in [4.69, 9.17) is 11.6 Å². The van der Waals surface area contributed by atoms with Crippen molar-refractivity contribution in [3.8, 4) is 11.5 Å². The summed E-state index contributed by atoms with van der Waals surface area (Å²) >= 11 is 5.88. The van der Waals surface area contributed by atoms with E-state index < -0.39 is 0 Å². The molecule has 3 rings (SSSR count). The van der Waals surface area contributed by atoms with Gasteiger partial charge in [0.25, 0.3) is 0 Å². The predicted molar refractivity (Wildman–Crippen MR) is 92.0 cm³/mol. The highest BCUT2D eigenvalue weighted by atomic mass is 35.5. The van der Waals surface area contributed by atoms with Gasteiger partial charge in [0.2, 0.25) is 0 Å². The first-order valence-electron chi connectivity index (χ1n) is 7.65. The Hall–Kier alpha value is -2.40. The predicted octanol–water partition coefficient (Wildman–Crippen LogP) is 5.24. The molecule has 1 aliphatic rings. The molecule has 0 spiro atoms. The summed E-state index contributed by atoms with van der Waals surface area (Å²) in [6.07, 6.45) is 1.16. The van der Waals surface area contributed by atoms with E-state index in [-0.39, 0.29) is 34.6 Å². The first-order valence-corrected chi connectivity index (χ1v) is 8.03. The Labute approximate surface area is 144 Å². The van der Waals surface area contributed by atoms with Crippen LogP contribution in [0.25, 0.3) is 0 Å². The van der Waals surface area contributed by atoms with Crippen LogP contribution in [0, 0.1) is 12.8 Å². The van der Waals surface area contributed by atoms with Crippen LogP contribution in [0.4, 0.5) is 11.4 Å². The van der Waals surface area contributed by atoms with Gasteiger partial charge in [-0.2, -0.15) is 0 Å². The third-order valence-electron chi connectivity index (χ3n) is 4.12. The van der Waals surface area contributed by atoms with Crippen LogP contribution in [-0.4, -0.2) is 16.0 Å². The molecule has 2 N–H and O–H groups in total. The van der Waals surface area contributed by atoms with Crippen LogP contribution < -0.4 is 0 Å². The molecular formula is C18H17ClN2O3. The summed E-state index contributed by atoms with van der Waals surface area (Å²) in [5, 5.41) is 28.7. The summed E-state index contributed by atoms with van der Waals surface area (Å²) in [5.74, 6) is -0.0293. The van der Waals surface area contributed by atoms with Crippen LogP contribution >= 0.6 is 11.6 Å². The summed E-state index contributed by atoms with van der Waals surface area (Å²) < 4.78 is 0. The number of benzene rings is 2. The highest BCUT2D eigenvalue weighted by Gasteiger charge is 2.28. The number of carbonyl (C=O) groups excluding carboxylic acids is 1. The third-order valence-corrected chi connectivity index (χ3v) is 4.36. The number of halogens is 1. The number of aromatic hydroxyl groups is 2. The van der Waals surface area contributed by atoms with Gasteiger partial charge in [-0.15, -0.1) is 10.2 Å². The number of fused-ring (bicyclic) bond motifs is 1. The molecule has 1 aliphatic carbocycles. The highest BCUT2D eigenvalue weighted by molar-refractivity contribution is 6.30. The molecular weight excluding hydrogens is 328 g/mol. The molecule has 2 aromatic carbocycles. The molecule has 5 nitrogen and oxygen atoms in total. The van der Waals surface area contributed by atoms with Crippen molar-refractivity contribution in [3.05, 3.63) is 46.0 Å². The minimum Gasteiger partial charge on any atom is -0.506 e. The Morgan fingerprint density at radius 2 is 1.92 bits per heavy atom. The average Bonchev–Trinajstić information content (AvgIpc) is 2.49. The van der Waals surface area contributed by atoms with Crippen LogP contribution in [0.1, 0.15) is 34.8 Å². The number of nitrogens with zero attached hydrogens (tertiary/aromatic N) is 2. The monoisotopic (exact) mass is 344 g/mol. The van der Waals surface area contributed by atoms with Gasteiger partial charge < -0.3 is 10.2 Å². The standard InChI is InChI=1S/C18H17ClN2O3/c1-9-5-11-7-10(2)17(18(24)16(11)15(23)6-9)21-20-13-8-12(19)3-4-14(13)22/h3-4,7-9,22,24H,5-6H2,1-2H3. The normalized spacial score (nSPS) is 17.3. The fourth-order valence-corrected chi connectivity index (χ4v) is 3.17. The zero-order valence-electron chi connectivity index (χ0n) is 13.4. The summed E-state index contributed by atoms with van der Waals surface area (Å²) in [7, 11) is 0. The molecule has 0 radical (unpaired) electrons. The quantitative estimate of drug-likeness (QED) is 0.731. The lowest BCUT2D eigenvalue weighted by atomic mass is 9.82. The molecule has 0 heterocycles. The van der Waals surface area contributed by atoms with Crippen molar-refractivity contribution in [2.45, 2.75) is 26.7 Å². The van der Waals surface area contributed by atoms with Gasteiger partial charge in [-0.05, 0) is 48.6 Å². The number of carbonyl (C=O) groups is 1. The molecule has 0 aromatic heterocycles. The molecule has 0 amide bonds. The van der Waals surface area contributed by atoms with Crippen molar-refractivity contribution in [1.82, 2.24) is 0 Å². The second-order valence-electron chi connectivity index (χ2n) is 6.19. The lowest BCUT2D eigenvalue weighted by molar-refractivity contribution is 0.0950. The molecule has 2 aromatic rings. The van der Waals surface area contributed by atoms with E-state index in [1.54, 1.807) is 6.92 Å². The van der Waals surface area contributed by atoms with Gasteiger partial charge in [0, 0.05) is 11.4 Å². The number of phenols is 2. The molecule has 0 saturated carbocycles. The molecule has 1 atom stereocenters. The van der Waals surface area contributed by atoms with Gasteiger partial charge in [-0.25, -0.2) is 0 Å². The maximum Gasteiger partial charge on any atom is 0.167 e. The SMILES string of the molecule is Cc1cc2c(c(O)c1N=Nc1cc(Cl)ccc1O)C(=O)CC(C)C2. The number of azo groups is 1. The Morgan fingerprint density at radius 1 is 1.17 bits per heavy atom. The Bertz CT molecular complexity index is 862. The molecule has 1 unspecified atom stereocenters. The maximum absolute atomic E-state index is 12.3. The topological polar surface area (TPSA) is 82.2 Å². The van der Waals surface area contributed by atoms with Crippen LogP contribution in [0.15, 0.2) is 34.5 Å². The van der Waals surface area contributed by atoms with Crippen molar-refractivity contribution in [2.24, 2.45) is 16.1 Å². The molecule has 6 heteroatoms. The van der Waals surface area contributed by atoms with Crippen LogP contribution in [0.3, 0.4) is 0 Å². The Morgan fingerprint density at radius 3 is 2.67 bits per heavy atom. The van der Waals surface area contributed by atoms with E-state index in [0.717, 1.165) is 17.5 Å². The number of ketones is 1. The highest BCUT2D eigenvalue weighted by Crippen LogP contribution is 2.41. The van der Waals surface area contributed by atoms with E-state index in [1.165, 1.54) is 18.2 Å². The van der Waals surface area contributed by atoms with Crippen LogP contribution in [0.2, 0.25) is 5.02 Å². The minimum atomic E-state index is -0.146. The summed E-state index contributed by atoms with van der Waals surface area (Å²) in [6, 6.07) is 6.30. The van der Waals surface area contributed by atoms with Crippen molar-refractivity contribution in [2.75, 3.05) is 0 Å². The number of aryl methyl sites for hydroxylation is 1. The van der Waals surface area contributed by atoms with Gasteiger partial charge in [-0.3, -0.25) is 4.79 Å². The molecule has 0 saturated heterocycles. The van der Waals surface area contributed by atoms with Crippen molar-refractivity contribution in [1.29, 1.82) is 0 Å². The zero-order chi connectivity index (χ0) is 17.4. The van der Waals surface area contributed by atoms with Crippen molar-refractivity contribution < 1.29 is 15.0 Å². The molecule has 124 valence electrons. The van der Waals surface area contributed by atoms with Crippen LogP contribution in [-0.2, 0) is 6.42 Å². The minimum absolute atomic E-state index is 0.0665. The zero-order valence-corrected chi connectivity index (χ0v) is 14.1. The third kappa shape index (κ3) is 2.99. The second kappa shape index (κ2) is 6.24. The molecule has 0 bridgehead atoms. The lowest BCUT2D eigenvalue weighted by Gasteiger charge is -2.22. The summed E-state index contributed by atoms with van der Waals surface area (Å²) in [5.41, 5.74) is 2.33.